The standard InChI is InChI=1S/C16H19N3O2S/c1-8-7-22-15(17-8)19-14(21)13-9(2)12-10(18-13)5-16(3,4)6-11(12)20/h7,18H,5-6H2,1-4H3,(H,17,19,21). The average Bonchev–Trinajstić information content (AvgIpc) is 2.92. The lowest BCUT2D eigenvalue weighted by atomic mass is 9.75. The Balaban J connectivity index is 1.93. The first-order valence-corrected chi connectivity index (χ1v) is 8.13. The molecule has 1 aliphatic carbocycles. The lowest BCUT2D eigenvalue weighted by Gasteiger charge is -2.28. The molecule has 0 fully saturated rings. The summed E-state index contributed by atoms with van der Waals surface area (Å²) in [7, 11) is 0. The van der Waals surface area contributed by atoms with Crippen LogP contribution in [0.4, 0.5) is 5.13 Å². The van der Waals surface area contributed by atoms with Gasteiger partial charge in [0.25, 0.3) is 5.91 Å². The molecule has 0 saturated carbocycles. The molecular formula is C16H19N3O2S. The molecule has 0 saturated heterocycles. The fourth-order valence-corrected chi connectivity index (χ4v) is 3.71. The van der Waals surface area contributed by atoms with Gasteiger partial charge in [0.05, 0.1) is 5.69 Å². The predicted molar refractivity (Wildman–Crippen MR) is 86.8 cm³/mol. The molecule has 6 heteroatoms. The van der Waals surface area contributed by atoms with Gasteiger partial charge in [0.15, 0.2) is 10.9 Å². The Kier molecular flexibility index (Phi) is 3.44. The van der Waals surface area contributed by atoms with Gasteiger partial charge in [0.1, 0.15) is 5.69 Å². The molecule has 0 radical (unpaired) electrons. The molecule has 1 amide bonds. The summed E-state index contributed by atoms with van der Waals surface area (Å²) in [6.07, 6.45) is 1.30. The fraction of sp³-hybridized carbons (Fsp3) is 0.438. The van der Waals surface area contributed by atoms with Crippen LogP contribution in [0.5, 0.6) is 0 Å². The number of hydrogen-bond acceptors (Lipinski definition) is 4. The molecule has 0 aromatic carbocycles. The van der Waals surface area contributed by atoms with Crippen LogP contribution in [0.3, 0.4) is 0 Å². The van der Waals surface area contributed by atoms with Crippen LogP contribution in [0.2, 0.25) is 0 Å². The summed E-state index contributed by atoms with van der Waals surface area (Å²) < 4.78 is 0. The SMILES string of the molecule is Cc1csc(NC(=O)c2[nH]c3c(c2C)C(=O)CC(C)(C)C3)n1. The molecule has 22 heavy (non-hydrogen) atoms. The Bertz CT molecular complexity index is 770. The van der Waals surface area contributed by atoms with Crippen LogP contribution < -0.4 is 5.32 Å². The number of aryl methyl sites for hydroxylation is 1. The highest BCUT2D eigenvalue weighted by molar-refractivity contribution is 7.13. The number of Topliss-reactive ketones (excluding diaryl/α,β-unsaturated/α-hetero) is 1. The summed E-state index contributed by atoms with van der Waals surface area (Å²) in [5.74, 6) is -0.129. The summed E-state index contributed by atoms with van der Waals surface area (Å²) in [5.41, 5.74) is 3.57. The summed E-state index contributed by atoms with van der Waals surface area (Å²) in [6, 6.07) is 0. The van der Waals surface area contributed by atoms with Gasteiger partial charge >= 0.3 is 0 Å². The highest BCUT2D eigenvalue weighted by atomic mass is 32.1. The monoisotopic (exact) mass is 317 g/mol. The molecular weight excluding hydrogens is 298 g/mol. The van der Waals surface area contributed by atoms with Crippen molar-refractivity contribution in [2.75, 3.05) is 5.32 Å². The molecule has 1 aliphatic rings. The molecule has 0 bridgehead atoms. The van der Waals surface area contributed by atoms with Gasteiger partial charge < -0.3 is 4.98 Å². The first-order valence-electron chi connectivity index (χ1n) is 7.25. The number of fused-ring (bicyclic) bond motifs is 1. The molecule has 0 atom stereocenters. The Morgan fingerprint density at radius 2 is 2.09 bits per heavy atom. The summed E-state index contributed by atoms with van der Waals surface area (Å²) in [5, 5.41) is 5.24. The zero-order valence-electron chi connectivity index (χ0n) is 13.2. The van der Waals surface area contributed by atoms with Gasteiger partial charge in [-0.3, -0.25) is 14.9 Å². The average molecular weight is 317 g/mol. The van der Waals surface area contributed by atoms with Crippen LogP contribution in [0, 0.1) is 19.3 Å². The van der Waals surface area contributed by atoms with Crippen molar-refractivity contribution in [2.45, 2.75) is 40.5 Å². The number of rotatable bonds is 2. The van der Waals surface area contributed by atoms with Gasteiger partial charge in [-0.2, -0.15) is 0 Å². The molecule has 2 N–H and O–H groups in total. The van der Waals surface area contributed by atoms with Gasteiger partial charge in [0.2, 0.25) is 0 Å². The number of ketones is 1. The van der Waals surface area contributed by atoms with E-state index in [0.29, 0.717) is 22.8 Å². The van der Waals surface area contributed by atoms with Gasteiger partial charge in [0, 0.05) is 23.1 Å². The van der Waals surface area contributed by atoms with Crippen molar-refractivity contribution in [2.24, 2.45) is 5.41 Å². The number of hydrogen-bond donors (Lipinski definition) is 2. The second-order valence-corrected chi connectivity index (χ2v) is 7.53. The maximum Gasteiger partial charge on any atom is 0.274 e. The minimum absolute atomic E-state index is 0.0679. The molecule has 0 aliphatic heterocycles. The molecule has 3 rings (SSSR count). The lowest BCUT2D eigenvalue weighted by molar-refractivity contribution is 0.0910. The summed E-state index contributed by atoms with van der Waals surface area (Å²) in [6.45, 7) is 7.85. The number of anilines is 1. The molecule has 2 aromatic heterocycles. The van der Waals surface area contributed by atoms with Gasteiger partial charge in [-0.25, -0.2) is 4.98 Å². The van der Waals surface area contributed by atoms with Crippen LogP contribution in [0.15, 0.2) is 5.38 Å². The molecule has 0 unspecified atom stereocenters. The minimum Gasteiger partial charge on any atom is -0.354 e. The van der Waals surface area contributed by atoms with Crippen molar-refractivity contribution >= 4 is 28.2 Å². The topological polar surface area (TPSA) is 74.8 Å². The van der Waals surface area contributed by atoms with E-state index in [1.807, 2.05) is 19.2 Å². The van der Waals surface area contributed by atoms with Crippen LogP contribution in [0.1, 0.15) is 58.1 Å². The van der Waals surface area contributed by atoms with E-state index in [9.17, 15) is 9.59 Å². The van der Waals surface area contributed by atoms with E-state index >= 15 is 0 Å². The number of carbonyl (C=O) groups excluding carboxylic acids is 2. The summed E-state index contributed by atoms with van der Waals surface area (Å²) >= 11 is 1.39. The number of thiazole rings is 1. The third-order valence-electron chi connectivity index (χ3n) is 3.97. The number of aromatic nitrogens is 2. The van der Waals surface area contributed by atoms with Crippen LogP contribution >= 0.6 is 11.3 Å². The number of carbonyl (C=O) groups is 2. The maximum absolute atomic E-state index is 12.4. The molecule has 2 heterocycles. The second kappa shape index (κ2) is 5.05. The van der Waals surface area contributed by atoms with Crippen LogP contribution in [-0.2, 0) is 6.42 Å². The third kappa shape index (κ3) is 2.59. The maximum atomic E-state index is 12.4. The van der Waals surface area contributed by atoms with Crippen molar-refractivity contribution in [3.05, 3.63) is 33.6 Å². The van der Waals surface area contributed by atoms with Crippen molar-refractivity contribution in [1.82, 2.24) is 9.97 Å². The van der Waals surface area contributed by atoms with E-state index in [2.05, 4.69) is 29.1 Å². The lowest BCUT2D eigenvalue weighted by Crippen LogP contribution is -2.26. The quantitative estimate of drug-likeness (QED) is 0.890. The Morgan fingerprint density at radius 1 is 1.36 bits per heavy atom. The van der Waals surface area contributed by atoms with E-state index in [4.69, 9.17) is 0 Å². The largest absolute Gasteiger partial charge is 0.354 e. The van der Waals surface area contributed by atoms with Crippen molar-refractivity contribution < 1.29 is 9.59 Å². The van der Waals surface area contributed by atoms with Crippen molar-refractivity contribution in [3.63, 3.8) is 0 Å². The van der Waals surface area contributed by atoms with Gasteiger partial charge in [-0.1, -0.05) is 13.8 Å². The van der Waals surface area contributed by atoms with Gasteiger partial charge in [-0.05, 0) is 31.2 Å². The molecule has 5 nitrogen and oxygen atoms in total. The number of amides is 1. The normalized spacial score (nSPS) is 16.5. The Hall–Kier alpha value is -1.95. The zero-order valence-corrected chi connectivity index (χ0v) is 14.0. The van der Waals surface area contributed by atoms with E-state index in [1.165, 1.54) is 11.3 Å². The zero-order chi connectivity index (χ0) is 16.1. The van der Waals surface area contributed by atoms with Crippen LogP contribution in [-0.4, -0.2) is 21.7 Å². The third-order valence-corrected chi connectivity index (χ3v) is 4.84. The fourth-order valence-electron chi connectivity index (χ4n) is 3.03. The molecule has 0 spiro atoms. The van der Waals surface area contributed by atoms with E-state index in [-0.39, 0.29) is 17.1 Å². The van der Waals surface area contributed by atoms with E-state index < -0.39 is 0 Å². The predicted octanol–water partition coefficient (Wildman–Crippen LogP) is 3.50. The first kappa shape index (κ1) is 15.0. The highest BCUT2D eigenvalue weighted by Gasteiger charge is 2.35. The van der Waals surface area contributed by atoms with E-state index in [0.717, 1.165) is 23.4 Å². The van der Waals surface area contributed by atoms with Crippen LogP contribution in [0.25, 0.3) is 0 Å². The highest BCUT2D eigenvalue weighted by Crippen LogP contribution is 2.36. The Labute approximate surface area is 133 Å². The number of nitrogens with one attached hydrogen (secondary N) is 2. The smallest absolute Gasteiger partial charge is 0.274 e. The van der Waals surface area contributed by atoms with E-state index in [1.54, 1.807) is 0 Å². The molecule has 116 valence electrons. The van der Waals surface area contributed by atoms with Crippen molar-refractivity contribution in [1.29, 1.82) is 0 Å². The summed E-state index contributed by atoms with van der Waals surface area (Å²) in [4.78, 5) is 32.2. The minimum atomic E-state index is -0.244. The Morgan fingerprint density at radius 3 is 2.73 bits per heavy atom. The number of aromatic amines is 1. The number of H-pyrrole nitrogens is 1. The number of nitrogens with zero attached hydrogens (tertiary/aromatic N) is 1. The molecule has 2 aromatic rings. The van der Waals surface area contributed by atoms with Crippen molar-refractivity contribution in [3.8, 4) is 0 Å². The first-order chi connectivity index (χ1) is 10.3. The van der Waals surface area contributed by atoms with Gasteiger partial charge in [-0.15, -0.1) is 11.3 Å². The second-order valence-electron chi connectivity index (χ2n) is 6.67.